The van der Waals surface area contributed by atoms with Crippen LogP contribution in [0, 0.1) is 0 Å². The van der Waals surface area contributed by atoms with E-state index in [1.54, 1.807) is 7.11 Å². The van der Waals surface area contributed by atoms with Crippen LogP contribution in [0.4, 0.5) is 0 Å². The lowest BCUT2D eigenvalue weighted by atomic mass is 10.3. The lowest BCUT2D eigenvalue weighted by Gasteiger charge is -1.99. The summed E-state index contributed by atoms with van der Waals surface area (Å²) in [6.07, 6.45) is 5.89. The standard InChI is InChI=1S/C9H17NO.C2H6/c1-4-6-9(10-5-2)7-8-11-3;1-2/h5-6H,4,7-8H2,1-3H3;1-2H3/b9-6-,10-5?;. The molecule has 0 unspecified atom stereocenters. The lowest BCUT2D eigenvalue weighted by molar-refractivity contribution is 0.202. The predicted molar refractivity (Wildman–Crippen MR) is 60.4 cm³/mol. The van der Waals surface area contributed by atoms with E-state index in [-0.39, 0.29) is 0 Å². The van der Waals surface area contributed by atoms with Gasteiger partial charge in [-0.3, -0.25) is 4.99 Å². The molecule has 0 aliphatic rings. The molecule has 2 heteroatoms. The maximum absolute atomic E-state index is 4.95. The third-order valence-corrected chi connectivity index (χ3v) is 1.30. The average molecular weight is 185 g/mol. The van der Waals surface area contributed by atoms with Crippen molar-refractivity contribution in [1.82, 2.24) is 0 Å². The molecule has 13 heavy (non-hydrogen) atoms. The second-order valence-electron chi connectivity index (χ2n) is 2.23. The van der Waals surface area contributed by atoms with Crippen molar-refractivity contribution in [1.29, 1.82) is 0 Å². The molecule has 0 amide bonds. The van der Waals surface area contributed by atoms with E-state index in [0.717, 1.165) is 25.1 Å². The van der Waals surface area contributed by atoms with Crippen LogP contribution < -0.4 is 0 Å². The summed E-state index contributed by atoms with van der Waals surface area (Å²) in [5, 5.41) is 0. The van der Waals surface area contributed by atoms with E-state index in [1.165, 1.54) is 0 Å². The molecule has 0 spiro atoms. The predicted octanol–water partition coefficient (Wildman–Crippen LogP) is 3.43. The highest BCUT2D eigenvalue weighted by Crippen LogP contribution is 2.03. The minimum Gasteiger partial charge on any atom is -0.384 e. The van der Waals surface area contributed by atoms with Gasteiger partial charge in [-0.1, -0.05) is 26.8 Å². The van der Waals surface area contributed by atoms with Gasteiger partial charge < -0.3 is 4.74 Å². The van der Waals surface area contributed by atoms with Crippen LogP contribution in [0.25, 0.3) is 0 Å². The highest BCUT2D eigenvalue weighted by molar-refractivity contribution is 5.55. The molecular weight excluding hydrogens is 162 g/mol. The first-order valence-electron chi connectivity index (χ1n) is 5.01. The molecule has 0 saturated heterocycles. The lowest BCUT2D eigenvalue weighted by Crippen LogP contribution is -1.90. The van der Waals surface area contributed by atoms with Gasteiger partial charge in [0.15, 0.2) is 0 Å². The van der Waals surface area contributed by atoms with Crippen molar-refractivity contribution in [2.45, 2.75) is 40.5 Å². The van der Waals surface area contributed by atoms with Gasteiger partial charge in [0.05, 0.1) is 6.61 Å². The SMILES string of the molecule is CC.CC=N/C(=C\CC)CCOC. The maximum Gasteiger partial charge on any atom is 0.0517 e. The topological polar surface area (TPSA) is 21.6 Å². The third kappa shape index (κ3) is 11.4. The zero-order valence-corrected chi connectivity index (χ0v) is 9.63. The number of methoxy groups -OCH3 is 1. The van der Waals surface area contributed by atoms with E-state index >= 15 is 0 Å². The number of hydrogen-bond acceptors (Lipinski definition) is 2. The molecule has 2 nitrogen and oxygen atoms in total. The highest BCUT2D eigenvalue weighted by atomic mass is 16.5. The number of nitrogens with zero attached hydrogens (tertiary/aromatic N) is 1. The first-order chi connectivity index (χ1) is 6.35. The Morgan fingerprint density at radius 2 is 2.00 bits per heavy atom. The Hall–Kier alpha value is -0.630. The molecule has 0 bridgehead atoms. The molecule has 0 radical (unpaired) electrons. The van der Waals surface area contributed by atoms with E-state index in [9.17, 15) is 0 Å². The molecule has 0 aliphatic heterocycles. The quantitative estimate of drug-likeness (QED) is 0.601. The molecule has 0 aromatic carbocycles. The van der Waals surface area contributed by atoms with Crippen molar-refractivity contribution < 1.29 is 4.74 Å². The Balaban J connectivity index is 0. The van der Waals surface area contributed by atoms with Gasteiger partial charge in [0.25, 0.3) is 0 Å². The van der Waals surface area contributed by atoms with Gasteiger partial charge in [-0.05, 0) is 13.3 Å². The second-order valence-corrected chi connectivity index (χ2v) is 2.23. The van der Waals surface area contributed by atoms with Crippen molar-refractivity contribution in [2.24, 2.45) is 4.99 Å². The van der Waals surface area contributed by atoms with Gasteiger partial charge in [-0.25, -0.2) is 0 Å². The van der Waals surface area contributed by atoms with Crippen LogP contribution in [0.2, 0.25) is 0 Å². The van der Waals surface area contributed by atoms with E-state index in [1.807, 2.05) is 27.0 Å². The van der Waals surface area contributed by atoms with Crippen molar-refractivity contribution in [3.63, 3.8) is 0 Å². The van der Waals surface area contributed by atoms with Gasteiger partial charge in [0, 0.05) is 25.4 Å². The summed E-state index contributed by atoms with van der Waals surface area (Å²) in [7, 11) is 1.71. The Labute approximate surface area is 82.7 Å². The Kier molecular flexibility index (Phi) is 15.9. The van der Waals surface area contributed by atoms with E-state index in [4.69, 9.17) is 4.74 Å². The zero-order chi connectivity index (χ0) is 10.5. The van der Waals surface area contributed by atoms with Crippen LogP contribution in [-0.2, 0) is 4.74 Å². The van der Waals surface area contributed by atoms with Crippen LogP contribution in [-0.4, -0.2) is 19.9 Å². The van der Waals surface area contributed by atoms with Crippen molar-refractivity contribution in [2.75, 3.05) is 13.7 Å². The Morgan fingerprint density at radius 1 is 1.38 bits per heavy atom. The number of aliphatic imine (C=N–C) groups is 1. The first kappa shape index (κ1) is 14.9. The zero-order valence-electron chi connectivity index (χ0n) is 9.63. The minimum absolute atomic E-state index is 0.753. The fraction of sp³-hybridized carbons (Fsp3) is 0.727. The largest absolute Gasteiger partial charge is 0.384 e. The van der Waals surface area contributed by atoms with E-state index in [2.05, 4.69) is 18.0 Å². The summed E-state index contributed by atoms with van der Waals surface area (Å²) in [5.74, 6) is 0. The number of rotatable bonds is 5. The monoisotopic (exact) mass is 185 g/mol. The van der Waals surface area contributed by atoms with Crippen LogP contribution in [0.15, 0.2) is 16.8 Å². The number of ether oxygens (including phenoxy) is 1. The molecule has 0 N–H and O–H groups in total. The summed E-state index contributed by atoms with van der Waals surface area (Å²) in [5.41, 5.74) is 1.12. The van der Waals surface area contributed by atoms with Crippen LogP contribution in [0.3, 0.4) is 0 Å². The average Bonchev–Trinajstić information content (AvgIpc) is 2.18. The van der Waals surface area contributed by atoms with Crippen molar-refractivity contribution in [3.05, 3.63) is 11.8 Å². The molecular formula is C11H23NO. The first-order valence-corrected chi connectivity index (χ1v) is 5.01. The summed E-state index contributed by atoms with van der Waals surface area (Å²) in [4.78, 5) is 4.21. The normalized spacial score (nSPS) is 11.3. The molecule has 0 aromatic heterocycles. The summed E-state index contributed by atoms with van der Waals surface area (Å²) in [6.45, 7) is 8.79. The molecule has 0 rings (SSSR count). The van der Waals surface area contributed by atoms with Gasteiger partial charge >= 0.3 is 0 Å². The Morgan fingerprint density at radius 3 is 2.38 bits per heavy atom. The minimum atomic E-state index is 0.753. The Bertz CT molecular complexity index is 139. The van der Waals surface area contributed by atoms with Gasteiger partial charge in [-0.2, -0.15) is 0 Å². The van der Waals surface area contributed by atoms with E-state index < -0.39 is 0 Å². The third-order valence-electron chi connectivity index (χ3n) is 1.30. The molecule has 0 aliphatic carbocycles. The molecule has 0 heterocycles. The van der Waals surface area contributed by atoms with E-state index in [0.29, 0.717) is 0 Å². The van der Waals surface area contributed by atoms with Crippen molar-refractivity contribution in [3.8, 4) is 0 Å². The smallest absolute Gasteiger partial charge is 0.0517 e. The van der Waals surface area contributed by atoms with Crippen LogP contribution in [0.5, 0.6) is 0 Å². The highest BCUT2D eigenvalue weighted by Gasteiger charge is 1.90. The van der Waals surface area contributed by atoms with Crippen LogP contribution in [0.1, 0.15) is 40.5 Å². The van der Waals surface area contributed by atoms with Gasteiger partial charge in [0.2, 0.25) is 0 Å². The maximum atomic E-state index is 4.95. The molecule has 0 aromatic rings. The van der Waals surface area contributed by atoms with Crippen molar-refractivity contribution >= 4 is 6.21 Å². The summed E-state index contributed by atoms with van der Waals surface area (Å²) >= 11 is 0. The molecule has 0 fully saturated rings. The number of hydrogen-bond donors (Lipinski definition) is 0. The molecule has 0 atom stereocenters. The number of allylic oxidation sites excluding steroid dienone is 1. The molecule has 78 valence electrons. The van der Waals surface area contributed by atoms with Gasteiger partial charge in [-0.15, -0.1) is 0 Å². The fourth-order valence-electron chi connectivity index (χ4n) is 0.827. The summed E-state index contributed by atoms with van der Waals surface area (Å²) < 4.78 is 4.95. The molecule has 0 saturated carbocycles. The van der Waals surface area contributed by atoms with Crippen LogP contribution >= 0.6 is 0 Å². The summed E-state index contributed by atoms with van der Waals surface area (Å²) in [6, 6.07) is 0. The van der Waals surface area contributed by atoms with Gasteiger partial charge in [0.1, 0.15) is 0 Å². The fourth-order valence-corrected chi connectivity index (χ4v) is 0.827. The second kappa shape index (κ2) is 13.9.